The summed E-state index contributed by atoms with van der Waals surface area (Å²) in [6.45, 7) is 0.516. The summed E-state index contributed by atoms with van der Waals surface area (Å²) in [4.78, 5) is 12.1. The molecule has 0 unspecified atom stereocenters. The highest BCUT2D eigenvalue weighted by Crippen LogP contribution is 2.38. The number of hydrogen-bond donors (Lipinski definition) is 2. The fraction of sp³-hybridized carbons (Fsp3) is 0.500. The second kappa shape index (κ2) is 3.37. The summed E-state index contributed by atoms with van der Waals surface area (Å²) in [5, 5.41) is 10.1. The van der Waals surface area contributed by atoms with Gasteiger partial charge in [-0.1, -0.05) is 0 Å². The van der Waals surface area contributed by atoms with Crippen molar-refractivity contribution >= 4 is 17.0 Å². The predicted molar refractivity (Wildman–Crippen MR) is 59.4 cm³/mol. The third-order valence-electron chi connectivity index (χ3n) is 3.42. The maximum Gasteiger partial charge on any atom is 0.167 e. The molecule has 0 saturated carbocycles. The normalized spacial score (nSPS) is 34.5. The van der Waals surface area contributed by atoms with E-state index >= 15 is 0 Å². The van der Waals surface area contributed by atoms with Gasteiger partial charge in [0.2, 0.25) is 0 Å². The van der Waals surface area contributed by atoms with E-state index in [1.807, 2.05) is 0 Å². The lowest BCUT2D eigenvalue weighted by Gasteiger charge is -2.29. The van der Waals surface area contributed by atoms with E-state index in [9.17, 15) is 5.11 Å². The van der Waals surface area contributed by atoms with Crippen LogP contribution in [0.2, 0.25) is 0 Å². The quantitative estimate of drug-likeness (QED) is 0.671. The third-order valence-corrected chi connectivity index (χ3v) is 3.42. The fourth-order valence-corrected chi connectivity index (χ4v) is 2.43. The van der Waals surface area contributed by atoms with Gasteiger partial charge in [-0.05, 0) is 0 Å². The van der Waals surface area contributed by atoms with Gasteiger partial charge in [-0.15, -0.1) is 0 Å². The summed E-state index contributed by atoms with van der Waals surface area (Å²) in [7, 11) is 0. The molecular formula is C10H11N5O3. The number of aromatic nitrogens is 4. The first-order valence-corrected chi connectivity index (χ1v) is 5.64. The van der Waals surface area contributed by atoms with Gasteiger partial charge in [-0.25, -0.2) is 15.0 Å². The molecule has 0 bridgehead atoms. The molecule has 0 spiro atoms. The Morgan fingerprint density at radius 3 is 2.94 bits per heavy atom. The number of aliphatic hydroxyl groups excluding tert-OH is 1. The zero-order chi connectivity index (χ0) is 12.3. The molecule has 2 aliphatic rings. The Morgan fingerprint density at radius 2 is 2.28 bits per heavy atom. The SMILES string of the molecule is Nc1ncnc2c1ncn2[C@@H]1O[C@@H]2CO[C@@H]2[C@H]1O. The highest BCUT2D eigenvalue weighted by atomic mass is 16.6. The van der Waals surface area contributed by atoms with Crippen LogP contribution in [0.25, 0.3) is 11.2 Å². The number of nitrogens with zero attached hydrogens (tertiary/aromatic N) is 4. The zero-order valence-electron chi connectivity index (χ0n) is 9.30. The molecule has 2 aliphatic heterocycles. The van der Waals surface area contributed by atoms with E-state index in [1.54, 1.807) is 10.9 Å². The minimum atomic E-state index is -0.725. The van der Waals surface area contributed by atoms with Crippen LogP contribution in [0, 0.1) is 0 Å². The van der Waals surface area contributed by atoms with Gasteiger partial charge in [-0.3, -0.25) is 4.57 Å². The van der Waals surface area contributed by atoms with Gasteiger partial charge in [0.1, 0.15) is 30.2 Å². The minimum Gasteiger partial charge on any atom is -0.386 e. The molecule has 8 heteroatoms. The molecule has 4 rings (SSSR count). The van der Waals surface area contributed by atoms with Crippen molar-refractivity contribution in [1.82, 2.24) is 19.5 Å². The number of ether oxygens (including phenoxy) is 2. The largest absolute Gasteiger partial charge is 0.386 e. The molecule has 0 radical (unpaired) electrons. The molecule has 2 fully saturated rings. The zero-order valence-corrected chi connectivity index (χ0v) is 9.30. The van der Waals surface area contributed by atoms with Crippen LogP contribution < -0.4 is 5.73 Å². The summed E-state index contributed by atoms with van der Waals surface area (Å²) in [6.07, 6.45) is 1.34. The monoisotopic (exact) mass is 249 g/mol. The van der Waals surface area contributed by atoms with Crippen LogP contribution in [0.15, 0.2) is 12.7 Å². The molecule has 2 aromatic rings. The average molecular weight is 249 g/mol. The third kappa shape index (κ3) is 1.17. The summed E-state index contributed by atoms with van der Waals surface area (Å²) < 4.78 is 12.6. The van der Waals surface area contributed by atoms with E-state index in [2.05, 4.69) is 15.0 Å². The number of anilines is 1. The van der Waals surface area contributed by atoms with Crippen molar-refractivity contribution in [1.29, 1.82) is 0 Å². The highest BCUT2D eigenvalue weighted by Gasteiger charge is 2.51. The number of imidazole rings is 1. The predicted octanol–water partition coefficient (Wildman–Crippen LogP) is -0.934. The molecule has 18 heavy (non-hydrogen) atoms. The highest BCUT2D eigenvalue weighted by molar-refractivity contribution is 5.81. The molecule has 0 aromatic carbocycles. The lowest BCUT2D eigenvalue weighted by Crippen LogP contribution is -2.46. The molecule has 2 aromatic heterocycles. The number of nitrogens with two attached hydrogens (primary N) is 1. The van der Waals surface area contributed by atoms with Crippen molar-refractivity contribution in [3.63, 3.8) is 0 Å². The van der Waals surface area contributed by atoms with Gasteiger partial charge in [0, 0.05) is 0 Å². The van der Waals surface area contributed by atoms with E-state index in [4.69, 9.17) is 15.2 Å². The average Bonchev–Trinajstić information content (AvgIpc) is 2.81. The van der Waals surface area contributed by atoms with Crippen molar-refractivity contribution in [2.45, 2.75) is 24.5 Å². The Kier molecular flexibility index (Phi) is 1.91. The lowest BCUT2D eigenvalue weighted by molar-refractivity contribution is -0.156. The topological polar surface area (TPSA) is 108 Å². The standard InChI is InChI=1S/C10H11N5O3/c11-8-5-9(13-2-12-8)15(3-14-5)10-6(16)7-4(18-10)1-17-7/h2-4,6-7,10,16H,1H2,(H2,11,12,13)/t4-,6-,7+,10-/m1/s1. The van der Waals surface area contributed by atoms with Gasteiger partial charge >= 0.3 is 0 Å². The van der Waals surface area contributed by atoms with Crippen LogP contribution in [0.1, 0.15) is 6.23 Å². The van der Waals surface area contributed by atoms with Crippen LogP contribution in [-0.4, -0.2) is 49.5 Å². The number of hydrogen-bond acceptors (Lipinski definition) is 7. The molecule has 0 aliphatic carbocycles. The lowest BCUT2D eigenvalue weighted by atomic mass is 10.1. The van der Waals surface area contributed by atoms with E-state index in [0.717, 1.165) is 0 Å². The Labute approximate surface area is 101 Å². The van der Waals surface area contributed by atoms with Crippen LogP contribution in [0.3, 0.4) is 0 Å². The van der Waals surface area contributed by atoms with Crippen LogP contribution in [0.5, 0.6) is 0 Å². The Balaban J connectivity index is 1.81. The van der Waals surface area contributed by atoms with Crippen molar-refractivity contribution in [2.24, 2.45) is 0 Å². The Morgan fingerprint density at radius 1 is 1.39 bits per heavy atom. The van der Waals surface area contributed by atoms with Crippen LogP contribution in [-0.2, 0) is 9.47 Å². The minimum absolute atomic E-state index is 0.0540. The van der Waals surface area contributed by atoms with Crippen molar-refractivity contribution in [2.75, 3.05) is 12.3 Å². The molecule has 0 amide bonds. The maximum atomic E-state index is 10.1. The van der Waals surface area contributed by atoms with Gasteiger partial charge < -0.3 is 20.3 Å². The first kappa shape index (κ1) is 10.2. The second-order valence-electron chi connectivity index (χ2n) is 4.44. The van der Waals surface area contributed by atoms with Gasteiger partial charge in [0.25, 0.3) is 0 Å². The van der Waals surface area contributed by atoms with E-state index < -0.39 is 12.3 Å². The molecule has 4 atom stereocenters. The van der Waals surface area contributed by atoms with Gasteiger partial charge in [0.15, 0.2) is 17.7 Å². The Hall–Kier alpha value is -1.77. The molecule has 8 nitrogen and oxygen atoms in total. The smallest absolute Gasteiger partial charge is 0.167 e. The Bertz CT molecular complexity index is 615. The maximum absolute atomic E-state index is 10.1. The van der Waals surface area contributed by atoms with Crippen molar-refractivity contribution < 1.29 is 14.6 Å². The number of fused-ring (bicyclic) bond motifs is 2. The molecular weight excluding hydrogens is 238 g/mol. The van der Waals surface area contributed by atoms with Crippen LogP contribution in [0.4, 0.5) is 5.82 Å². The molecule has 2 saturated heterocycles. The van der Waals surface area contributed by atoms with E-state index in [1.165, 1.54) is 6.33 Å². The summed E-state index contributed by atoms with van der Waals surface area (Å²) in [5.41, 5.74) is 6.77. The van der Waals surface area contributed by atoms with Crippen molar-refractivity contribution in [3.05, 3.63) is 12.7 Å². The fourth-order valence-electron chi connectivity index (χ4n) is 2.43. The van der Waals surface area contributed by atoms with Crippen LogP contribution >= 0.6 is 0 Å². The first-order valence-electron chi connectivity index (χ1n) is 5.64. The number of rotatable bonds is 1. The second-order valence-corrected chi connectivity index (χ2v) is 4.44. The van der Waals surface area contributed by atoms with Gasteiger partial charge in [0.05, 0.1) is 12.9 Å². The van der Waals surface area contributed by atoms with Gasteiger partial charge in [-0.2, -0.15) is 0 Å². The summed E-state index contributed by atoms with van der Waals surface area (Å²) in [5.74, 6) is 0.311. The summed E-state index contributed by atoms with van der Waals surface area (Å²) in [6, 6.07) is 0. The van der Waals surface area contributed by atoms with Crippen molar-refractivity contribution in [3.8, 4) is 0 Å². The molecule has 4 heterocycles. The summed E-state index contributed by atoms with van der Waals surface area (Å²) >= 11 is 0. The first-order chi connectivity index (χ1) is 8.75. The van der Waals surface area contributed by atoms with E-state index in [0.29, 0.717) is 23.6 Å². The number of nitrogen functional groups attached to an aromatic ring is 1. The van der Waals surface area contributed by atoms with E-state index in [-0.39, 0.29) is 12.2 Å². The molecule has 3 N–H and O–H groups in total. The molecule has 94 valence electrons. The number of aliphatic hydroxyl groups is 1.